The number of rotatable bonds is 2. The van der Waals surface area contributed by atoms with Crippen molar-refractivity contribution in [3.05, 3.63) is 0 Å². The molecule has 0 radical (unpaired) electrons. The highest BCUT2D eigenvalue weighted by atomic mass is 16.5. The Hall–Kier alpha value is -0.610. The van der Waals surface area contributed by atoms with Crippen LogP contribution in [0.15, 0.2) is 0 Å². The van der Waals surface area contributed by atoms with E-state index >= 15 is 0 Å². The van der Waals surface area contributed by atoms with Gasteiger partial charge in [-0.05, 0) is 13.3 Å². The number of methoxy groups -OCH3 is 1. The van der Waals surface area contributed by atoms with Crippen LogP contribution >= 0.6 is 0 Å². The number of hydrogen-bond acceptors (Lipinski definition) is 3. The van der Waals surface area contributed by atoms with Gasteiger partial charge in [-0.2, -0.15) is 0 Å². The summed E-state index contributed by atoms with van der Waals surface area (Å²) in [4.78, 5) is 12.9. The van der Waals surface area contributed by atoms with E-state index in [1.165, 1.54) is 6.92 Å². The molecular formula is C8H15NO3. The lowest BCUT2D eigenvalue weighted by Gasteiger charge is -2.17. The smallest absolute Gasteiger partial charge is 0.251 e. The second kappa shape index (κ2) is 3.87. The number of aliphatic hydroxyl groups excluding tert-OH is 1. The molecule has 1 N–H and O–H groups in total. The lowest BCUT2D eigenvalue weighted by atomic mass is 10.3. The van der Waals surface area contributed by atoms with Gasteiger partial charge in [-0.15, -0.1) is 0 Å². The van der Waals surface area contributed by atoms with Crippen LogP contribution in [-0.2, 0) is 9.53 Å². The molecule has 70 valence electrons. The van der Waals surface area contributed by atoms with Crippen molar-refractivity contribution in [2.75, 3.05) is 20.2 Å². The van der Waals surface area contributed by atoms with Gasteiger partial charge in [-0.1, -0.05) is 0 Å². The predicted molar refractivity (Wildman–Crippen MR) is 43.7 cm³/mol. The molecule has 0 unspecified atom stereocenters. The van der Waals surface area contributed by atoms with Crippen LogP contribution in [0.25, 0.3) is 0 Å². The van der Waals surface area contributed by atoms with Crippen molar-refractivity contribution in [1.82, 2.24) is 4.90 Å². The van der Waals surface area contributed by atoms with Crippen molar-refractivity contribution in [2.45, 2.75) is 25.6 Å². The summed E-state index contributed by atoms with van der Waals surface area (Å²) in [5.74, 6) is -0.199. The number of carbonyl (C=O) groups is 1. The summed E-state index contributed by atoms with van der Waals surface area (Å²) in [7, 11) is 1.64. The first-order chi connectivity index (χ1) is 5.65. The molecule has 0 aromatic heterocycles. The molecule has 1 aliphatic heterocycles. The van der Waals surface area contributed by atoms with Crippen molar-refractivity contribution < 1.29 is 14.6 Å². The molecule has 0 aromatic carbocycles. The molecule has 1 amide bonds. The van der Waals surface area contributed by atoms with Crippen molar-refractivity contribution in [1.29, 1.82) is 0 Å². The first-order valence-corrected chi connectivity index (χ1v) is 4.14. The van der Waals surface area contributed by atoms with Gasteiger partial charge in [-0.25, -0.2) is 0 Å². The van der Waals surface area contributed by atoms with E-state index in [1.54, 1.807) is 12.0 Å². The van der Waals surface area contributed by atoms with Crippen molar-refractivity contribution in [2.24, 2.45) is 0 Å². The van der Waals surface area contributed by atoms with Gasteiger partial charge in [0, 0.05) is 20.2 Å². The van der Waals surface area contributed by atoms with E-state index in [9.17, 15) is 4.79 Å². The molecule has 1 rings (SSSR count). The highest BCUT2D eigenvalue weighted by Gasteiger charge is 2.27. The summed E-state index contributed by atoms with van der Waals surface area (Å²) in [6, 6.07) is 0. The van der Waals surface area contributed by atoms with Crippen LogP contribution in [0, 0.1) is 0 Å². The van der Waals surface area contributed by atoms with Crippen LogP contribution in [0.1, 0.15) is 13.3 Å². The summed E-state index contributed by atoms with van der Waals surface area (Å²) in [6.07, 6.45) is 0.128. The molecule has 12 heavy (non-hydrogen) atoms. The number of nitrogens with zero attached hydrogens (tertiary/aromatic N) is 1. The van der Waals surface area contributed by atoms with Crippen molar-refractivity contribution in [3.8, 4) is 0 Å². The van der Waals surface area contributed by atoms with Gasteiger partial charge < -0.3 is 14.7 Å². The zero-order valence-electron chi connectivity index (χ0n) is 7.49. The van der Waals surface area contributed by atoms with Gasteiger partial charge in [0.05, 0.1) is 6.10 Å². The Morgan fingerprint density at radius 2 is 2.42 bits per heavy atom. The number of amides is 1. The predicted octanol–water partition coefficient (Wildman–Crippen LogP) is -0.385. The fourth-order valence-electron chi connectivity index (χ4n) is 1.38. The molecule has 2 atom stereocenters. The SMILES string of the molecule is CO[C@@H]1CCN(C(=O)[C@H](C)O)C1. The van der Waals surface area contributed by atoms with E-state index in [4.69, 9.17) is 9.84 Å². The fraction of sp³-hybridized carbons (Fsp3) is 0.875. The third-order valence-corrected chi connectivity index (χ3v) is 2.15. The van der Waals surface area contributed by atoms with Crippen LogP contribution in [0.3, 0.4) is 0 Å². The van der Waals surface area contributed by atoms with Gasteiger partial charge in [0.25, 0.3) is 5.91 Å². The van der Waals surface area contributed by atoms with E-state index in [1.807, 2.05) is 0 Å². The minimum Gasteiger partial charge on any atom is -0.384 e. The van der Waals surface area contributed by atoms with Crippen LogP contribution in [0.2, 0.25) is 0 Å². The van der Waals surface area contributed by atoms with E-state index in [0.29, 0.717) is 13.1 Å². The summed E-state index contributed by atoms with van der Waals surface area (Å²) in [6.45, 7) is 2.80. The Kier molecular flexibility index (Phi) is 3.05. The zero-order valence-corrected chi connectivity index (χ0v) is 7.49. The minimum atomic E-state index is -0.888. The van der Waals surface area contributed by atoms with E-state index in [0.717, 1.165) is 6.42 Å². The molecule has 0 aromatic rings. The maximum absolute atomic E-state index is 11.2. The molecule has 0 aliphatic carbocycles. The number of likely N-dealkylation sites (tertiary alicyclic amines) is 1. The monoisotopic (exact) mass is 173 g/mol. The lowest BCUT2D eigenvalue weighted by molar-refractivity contribution is -0.138. The normalized spacial score (nSPS) is 25.9. The van der Waals surface area contributed by atoms with Gasteiger partial charge in [0.15, 0.2) is 0 Å². The van der Waals surface area contributed by atoms with E-state index in [-0.39, 0.29) is 12.0 Å². The van der Waals surface area contributed by atoms with Crippen molar-refractivity contribution in [3.63, 3.8) is 0 Å². The number of hydrogen-bond donors (Lipinski definition) is 1. The van der Waals surface area contributed by atoms with Gasteiger partial charge in [0.1, 0.15) is 6.10 Å². The van der Waals surface area contributed by atoms with Crippen LogP contribution in [0.5, 0.6) is 0 Å². The zero-order chi connectivity index (χ0) is 9.14. The van der Waals surface area contributed by atoms with E-state index < -0.39 is 6.10 Å². The quantitative estimate of drug-likeness (QED) is 0.619. The Morgan fingerprint density at radius 1 is 1.75 bits per heavy atom. The summed E-state index contributed by atoms with van der Waals surface area (Å²) in [5, 5.41) is 9.01. The van der Waals surface area contributed by atoms with Crippen LogP contribution in [0.4, 0.5) is 0 Å². The molecule has 1 heterocycles. The van der Waals surface area contributed by atoms with E-state index in [2.05, 4.69) is 0 Å². The lowest BCUT2D eigenvalue weighted by Crippen LogP contribution is -2.36. The molecule has 1 saturated heterocycles. The first kappa shape index (κ1) is 9.48. The summed E-state index contributed by atoms with van der Waals surface area (Å²) >= 11 is 0. The Morgan fingerprint density at radius 3 is 2.83 bits per heavy atom. The second-order valence-corrected chi connectivity index (χ2v) is 3.11. The summed E-state index contributed by atoms with van der Waals surface area (Å²) in [5.41, 5.74) is 0. The topological polar surface area (TPSA) is 49.8 Å². The van der Waals surface area contributed by atoms with Crippen LogP contribution < -0.4 is 0 Å². The average molecular weight is 173 g/mol. The maximum atomic E-state index is 11.2. The maximum Gasteiger partial charge on any atom is 0.251 e. The molecule has 4 nitrogen and oxygen atoms in total. The minimum absolute atomic E-state index is 0.146. The number of carbonyl (C=O) groups excluding carboxylic acids is 1. The highest BCUT2D eigenvalue weighted by Crippen LogP contribution is 2.12. The largest absolute Gasteiger partial charge is 0.384 e. The molecule has 1 aliphatic rings. The standard InChI is InChI=1S/C8H15NO3/c1-6(10)8(11)9-4-3-7(5-9)12-2/h6-7,10H,3-5H2,1-2H3/t6-,7+/m0/s1. The third-order valence-electron chi connectivity index (χ3n) is 2.15. The third kappa shape index (κ3) is 1.95. The molecule has 1 fully saturated rings. The van der Waals surface area contributed by atoms with Gasteiger partial charge in [-0.3, -0.25) is 4.79 Å². The van der Waals surface area contributed by atoms with Gasteiger partial charge in [0.2, 0.25) is 0 Å². The van der Waals surface area contributed by atoms with Crippen LogP contribution in [-0.4, -0.2) is 48.3 Å². The first-order valence-electron chi connectivity index (χ1n) is 4.14. The number of ether oxygens (including phenoxy) is 1. The molecule has 4 heteroatoms. The van der Waals surface area contributed by atoms with Crippen molar-refractivity contribution >= 4 is 5.91 Å². The van der Waals surface area contributed by atoms with Gasteiger partial charge >= 0.3 is 0 Å². The Bertz CT molecular complexity index is 170. The Balaban J connectivity index is 2.41. The molecular weight excluding hydrogens is 158 g/mol. The fourth-order valence-corrected chi connectivity index (χ4v) is 1.38. The average Bonchev–Trinajstić information content (AvgIpc) is 2.50. The molecule has 0 saturated carbocycles. The highest BCUT2D eigenvalue weighted by molar-refractivity contribution is 5.80. The Labute approximate surface area is 72.1 Å². The molecule has 0 spiro atoms. The summed E-state index contributed by atoms with van der Waals surface area (Å²) < 4.78 is 5.10. The second-order valence-electron chi connectivity index (χ2n) is 3.11. The number of aliphatic hydroxyl groups is 1. The molecule has 0 bridgehead atoms.